The first-order chi connectivity index (χ1) is 15.7. The Morgan fingerprint density at radius 2 is 1.85 bits per heavy atom. The highest BCUT2D eigenvalue weighted by Crippen LogP contribution is 2.30. The first-order valence-electron chi connectivity index (χ1n) is 11.6. The maximum atomic E-state index is 13.9. The number of benzene rings is 1. The lowest BCUT2D eigenvalue weighted by Crippen LogP contribution is -2.50. The zero-order valence-electron chi connectivity index (χ0n) is 20.1. The molecule has 1 aromatic carbocycles. The maximum absolute atomic E-state index is 13.9. The summed E-state index contributed by atoms with van der Waals surface area (Å²) < 4.78 is 20.7. The Morgan fingerprint density at radius 1 is 1.18 bits per heavy atom. The molecule has 178 valence electrons. The van der Waals surface area contributed by atoms with Gasteiger partial charge in [-0.2, -0.15) is 0 Å². The van der Waals surface area contributed by atoms with Gasteiger partial charge in [0.15, 0.2) is 5.78 Å². The van der Waals surface area contributed by atoms with E-state index in [1.807, 2.05) is 0 Å². The lowest BCUT2D eigenvalue weighted by Gasteiger charge is -2.38. The molecular formula is C26H33FN2O4. The van der Waals surface area contributed by atoms with Crippen LogP contribution in [0.2, 0.25) is 0 Å². The summed E-state index contributed by atoms with van der Waals surface area (Å²) in [5.74, 6) is -1.55. The fourth-order valence-corrected chi connectivity index (χ4v) is 4.95. The number of esters is 1. The van der Waals surface area contributed by atoms with Crippen molar-refractivity contribution in [3.63, 3.8) is 0 Å². The smallest absolute Gasteiger partial charge is 0.355 e. The molecule has 1 heterocycles. The molecule has 1 fully saturated rings. The zero-order valence-corrected chi connectivity index (χ0v) is 20.1. The van der Waals surface area contributed by atoms with Crippen molar-refractivity contribution in [3.8, 4) is 0 Å². The highest BCUT2D eigenvalue weighted by molar-refractivity contribution is 6.07. The minimum absolute atomic E-state index is 0.0951. The first-order valence-corrected chi connectivity index (χ1v) is 11.6. The largest absolute Gasteiger partial charge is 0.461 e. The fourth-order valence-electron chi connectivity index (χ4n) is 4.95. The molecule has 0 aliphatic heterocycles. The van der Waals surface area contributed by atoms with Gasteiger partial charge in [0, 0.05) is 29.9 Å². The van der Waals surface area contributed by atoms with Gasteiger partial charge in [0.1, 0.15) is 11.5 Å². The van der Waals surface area contributed by atoms with Crippen LogP contribution in [0.15, 0.2) is 24.3 Å². The Hall–Kier alpha value is -2.96. The van der Waals surface area contributed by atoms with Gasteiger partial charge in [-0.3, -0.25) is 9.59 Å². The molecule has 1 atom stereocenters. The van der Waals surface area contributed by atoms with Gasteiger partial charge < -0.3 is 14.2 Å². The highest BCUT2D eigenvalue weighted by atomic mass is 19.1. The molecule has 6 nitrogen and oxygen atoms in total. The van der Waals surface area contributed by atoms with Gasteiger partial charge in [-0.25, -0.2) is 9.18 Å². The molecule has 0 N–H and O–H groups in total. The number of ketones is 1. The number of ether oxygens (including phenoxy) is 1. The molecule has 1 aliphatic rings. The quantitative estimate of drug-likeness (QED) is 0.434. The molecule has 0 radical (unpaired) electrons. The zero-order chi connectivity index (χ0) is 24.3. The topological polar surface area (TPSA) is 68.6 Å². The number of nitrogens with zero attached hydrogens (tertiary/aromatic N) is 2. The molecule has 1 amide bonds. The van der Waals surface area contributed by atoms with Gasteiger partial charge in [0.25, 0.3) is 5.91 Å². The monoisotopic (exact) mass is 456 g/mol. The van der Waals surface area contributed by atoms with E-state index in [1.165, 1.54) is 18.2 Å². The fraction of sp³-hybridized carbons (Fsp3) is 0.500. The summed E-state index contributed by atoms with van der Waals surface area (Å²) in [7, 11) is 1.73. The summed E-state index contributed by atoms with van der Waals surface area (Å²) in [4.78, 5) is 41.4. The summed E-state index contributed by atoms with van der Waals surface area (Å²) in [5, 5.41) is 0. The first kappa shape index (κ1) is 24.7. The van der Waals surface area contributed by atoms with Crippen molar-refractivity contribution in [2.75, 3.05) is 6.61 Å². The van der Waals surface area contributed by atoms with Crippen LogP contribution < -0.4 is 0 Å². The Morgan fingerprint density at radius 3 is 2.45 bits per heavy atom. The van der Waals surface area contributed by atoms with Crippen LogP contribution in [0.5, 0.6) is 0 Å². The Kier molecular flexibility index (Phi) is 7.72. The summed E-state index contributed by atoms with van der Waals surface area (Å²) in [6, 6.07) is 4.74. The Labute approximate surface area is 194 Å². The third kappa shape index (κ3) is 4.87. The maximum Gasteiger partial charge on any atom is 0.355 e. The van der Waals surface area contributed by atoms with Gasteiger partial charge in [-0.1, -0.05) is 25.3 Å². The van der Waals surface area contributed by atoms with Crippen molar-refractivity contribution in [2.24, 2.45) is 7.05 Å². The van der Waals surface area contributed by atoms with E-state index in [4.69, 9.17) is 4.74 Å². The molecule has 1 unspecified atom stereocenters. The highest BCUT2D eigenvalue weighted by Gasteiger charge is 2.36. The van der Waals surface area contributed by atoms with E-state index >= 15 is 0 Å². The average molecular weight is 457 g/mol. The van der Waals surface area contributed by atoms with Crippen LogP contribution in [0.4, 0.5) is 4.39 Å². The molecule has 7 heteroatoms. The third-order valence-corrected chi connectivity index (χ3v) is 6.72. The minimum Gasteiger partial charge on any atom is -0.461 e. The second kappa shape index (κ2) is 10.3. The molecule has 1 aromatic heterocycles. The summed E-state index contributed by atoms with van der Waals surface area (Å²) in [5.41, 5.74) is 2.20. The van der Waals surface area contributed by atoms with Gasteiger partial charge in [-0.05, 0) is 64.3 Å². The van der Waals surface area contributed by atoms with Gasteiger partial charge >= 0.3 is 5.97 Å². The van der Waals surface area contributed by atoms with Crippen molar-refractivity contribution >= 4 is 17.7 Å². The normalized spacial score (nSPS) is 15.2. The van der Waals surface area contributed by atoms with E-state index in [2.05, 4.69) is 0 Å². The predicted octanol–water partition coefficient (Wildman–Crippen LogP) is 5.00. The number of rotatable bonds is 7. The van der Waals surface area contributed by atoms with E-state index in [1.54, 1.807) is 50.3 Å². The van der Waals surface area contributed by atoms with Crippen LogP contribution in [-0.4, -0.2) is 45.8 Å². The predicted molar refractivity (Wildman–Crippen MR) is 124 cm³/mol. The van der Waals surface area contributed by atoms with E-state index in [-0.39, 0.29) is 29.9 Å². The van der Waals surface area contributed by atoms with Crippen molar-refractivity contribution < 1.29 is 23.5 Å². The second-order valence-electron chi connectivity index (χ2n) is 8.77. The number of halogens is 1. The minimum atomic E-state index is -0.765. The number of hydrogen-bond acceptors (Lipinski definition) is 4. The van der Waals surface area contributed by atoms with Crippen molar-refractivity contribution in [1.82, 2.24) is 9.47 Å². The number of carbonyl (C=O) groups is 3. The number of hydrogen-bond donors (Lipinski definition) is 0. The summed E-state index contributed by atoms with van der Waals surface area (Å²) >= 11 is 0. The summed E-state index contributed by atoms with van der Waals surface area (Å²) in [6.45, 7) is 7.22. The van der Waals surface area contributed by atoms with E-state index in [9.17, 15) is 18.8 Å². The van der Waals surface area contributed by atoms with Crippen molar-refractivity contribution in [1.29, 1.82) is 0 Å². The van der Waals surface area contributed by atoms with Crippen molar-refractivity contribution in [2.45, 2.75) is 71.9 Å². The van der Waals surface area contributed by atoms with E-state index in [0.29, 0.717) is 22.5 Å². The van der Waals surface area contributed by atoms with Crippen LogP contribution in [0.1, 0.15) is 88.4 Å². The Bertz CT molecular complexity index is 1050. The van der Waals surface area contributed by atoms with Crippen LogP contribution in [-0.2, 0) is 11.8 Å². The van der Waals surface area contributed by atoms with Gasteiger partial charge in [-0.15, -0.1) is 0 Å². The van der Waals surface area contributed by atoms with Crippen LogP contribution in [0.3, 0.4) is 0 Å². The van der Waals surface area contributed by atoms with E-state index < -0.39 is 17.8 Å². The second-order valence-corrected chi connectivity index (χ2v) is 8.77. The molecule has 0 spiro atoms. The standard InChI is InChI=1S/C26H33FN2O4/c1-6-33-26(32)23-16(2)22(17(3)28(23)5)24(30)18(4)29(21-13-8-7-9-14-21)25(31)19-11-10-12-20(27)15-19/h10-12,15,18,21H,6-9,13-14H2,1-5H3. The van der Waals surface area contributed by atoms with Gasteiger partial charge in [0.05, 0.1) is 12.6 Å². The number of aromatic nitrogens is 1. The Balaban J connectivity index is 2.02. The SMILES string of the molecule is CCOC(=O)c1c(C)c(C(=O)C(C)N(C(=O)c2cccc(F)c2)C2CCCCC2)c(C)n1C. The molecule has 1 aliphatic carbocycles. The van der Waals surface area contributed by atoms with Crippen LogP contribution >= 0.6 is 0 Å². The molecule has 3 rings (SSSR count). The molecule has 0 bridgehead atoms. The molecule has 33 heavy (non-hydrogen) atoms. The lowest BCUT2D eigenvalue weighted by molar-refractivity contribution is 0.0485. The lowest BCUT2D eigenvalue weighted by atomic mass is 9.90. The summed E-state index contributed by atoms with van der Waals surface area (Å²) in [6.07, 6.45) is 4.67. The van der Waals surface area contributed by atoms with Gasteiger partial charge in [0.2, 0.25) is 0 Å². The molecule has 0 saturated heterocycles. The molecular weight excluding hydrogens is 423 g/mol. The van der Waals surface area contributed by atoms with Crippen LogP contribution in [0, 0.1) is 19.7 Å². The molecule has 2 aromatic rings. The number of amides is 1. The van der Waals surface area contributed by atoms with Crippen molar-refractivity contribution in [3.05, 3.63) is 58.2 Å². The number of Topliss-reactive ketones (excluding diaryl/α,β-unsaturated/α-hetero) is 1. The van der Waals surface area contributed by atoms with Crippen LogP contribution in [0.25, 0.3) is 0 Å². The van der Waals surface area contributed by atoms with E-state index in [0.717, 1.165) is 32.1 Å². The molecule has 1 saturated carbocycles. The number of carbonyl (C=O) groups excluding carboxylic acids is 3. The average Bonchev–Trinajstić information content (AvgIpc) is 3.02. The third-order valence-electron chi connectivity index (χ3n) is 6.72.